The van der Waals surface area contributed by atoms with Gasteiger partial charge in [0.05, 0.1) is 82.4 Å². The molecule has 2 N–H and O–H groups in total. The Morgan fingerprint density at radius 3 is 1.67 bits per heavy atom. The van der Waals surface area contributed by atoms with Gasteiger partial charge in [-0.25, -0.2) is 4.79 Å². The Balaban J connectivity index is 0.811. The molecule has 0 amide bonds. The zero-order chi connectivity index (χ0) is 44.0. The first-order valence-corrected chi connectivity index (χ1v) is 22.8. The van der Waals surface area contributed by atoms with Crippen molar-refractivity contribution in [3.05, 3.63) is 140 Å². The van der Waals surface area contributed by atoms with Gasteiger partial charge < -0.3 is 52.8 Å². The summed E-state index contributed by atoms with van der Waals surface area (Å²) in [5.41, 5.74) is -0.818. The van der Waals surface area contributed by atoms with E-state index in [0.29, 0.717) is 37.9 Å². The molecule has 0 radical (unpaired) electrons. The van der Waals surface area contributed by atoms with Crippen LogP contribution in [0.15, 0.2) is 154 Å². The molecule has 2 saturated heterocycles. The van der Waals surface area contributed by atoms with Crippen LogP contribution in [0.1, 0.15) is 0 Å². The molecule has 4 unspecified atom stereocenters. The highest BCUT2D eigenvalue weighted by atomic mass is 32.2. The summed E-state index contributed by atoms with van der Waals surface area (Å²) in [5.74, 6) is 0.584. The summed E-state index contributed by atoms with van der Waals surface area (Å²) < 4.78 is 52.3. The van der Waals surface area contributed by atoms with Crippen LogP contribution in [0.2, 0.25) is 0 Å². The predicted octanol–water partition coefficient (Wildman–Crippen LogP) is 6.66. The van der Waals surface area contributed by atoms with Crippen molar-refractivity contribution in [2.75, 3.05) is 85.9 Å². The molecular weight excluding hydrogens is 837 g/mol. The second-order valence-corrected chi connectivity index (χ2v) is 18.1. The maximum Gasteiger partial charge on any atom is 0.344 e. The number of epoxide rings is 2. The highest BCUT2D eigenvalue weighted by molar-refractivity contribution is 7.97. The number of carbonyl (C=O) groups is 1. The molecule has 12 nitrogen and oxygen atoms in total. The van der Waals surface area contributed by atoms with Crippen LogP contribution in [0.25, 0.3) is 21.5 Å². The zero-order valence-corrected chi connectivity index (χ0v) is 36.5. The zero-order valence-electron chi connectivity index (χ0n) is 35.7. The van der Waals surface area contributed by atoms with E-state index < -0.39 is 23.6 Å². The van der Waals surface area contributed by atoms with Crippen LogP contribution in [0.5, 0.6) is 11.5 Å². The smallest absolute Gasteiger partial charge is 0.344 e. The number of aliphatic hydroxyl groups is 2. The Kier molecular flexibility index (Phi) is 16.2. The Bertz CT molecular complexity index is 2300. The normalized spacial score (nSPS) is 17.5. The largest absolute Gasteiger partial charge is 0.490 e. The van der Waals surface area contributed by atoms with Crippen LogP contribution < -0.4 is 9.47 Å². The average Bonchev–Trinajstić information content (AvgIpc) is 4.29. The fourth-order valence-electron chi connectivity index (χ4n) is 7.20. The lowest BCUT2D eigenvalue weighted by Crippen LogP contribution is -2.44. The van der Waals surface area contributed by atoms with Gasteiger partial charge in [0.15, 0.2) is 21.3 Å². The van der Waals surface area contributed by atoms with Crippen molar-refractivity contribution in [3.8, 4) is 11.5 Å². The van der Waals surface area contributed by atoms with E-state index in [-0.39, 0.29) is 82.6 Å². The molecular formula is C51H55O12S+. The molecule has 0 aromatic heterocycles. The number of ether oxygens (including phenoxy) is 9. The van der Waals surface area contributed by atoms with Gasteiger partial charge >= 0.3 is 5.97 Å². The lowest BCUT2D eigenvalue weighted by Gasteiger charge is -2.33. The molecule has 6 aromatic rings. The van der Waals surface area contributed by atoms with Crippen LogP contribution in [0, 0.1) is 5.41 Å². The van der Waals surface area contributed by atoms with E-state index in [1.807, 2.05) is 103 Å². The van der Waals surface area contributed by atoms with Gasteiger partial charge in [-0.05, 0) is 70.8 Å². The first kappa shape index (κ1) is 45.5. The third-order valence-electron chi connectivity index (χ3n) is 10.6. The van der Waals surface area contributed by atoms with Crippen molar-refractivity contribution in [2.24, 2.45) is 5.41 Å². The number of hydrogen-bond donors (Lipinski definition) is 2. The Hall–Kier alpha value is -5.06. The SMILES string of the molecule is O=C(COc1ccc([S+](c2ccccc2)c2ccccc2)cc1)OCC(O)COCC(COCC(O)COc1cc2ccccc2c2ccccc12)(COCC1CO1)COCC1CO1. The second kappa shape index (κ2) is 22.7. The minimum atomic E-state index is -1.11. The highest BCUT2D eigenvalue weighted by Gasteiger charge is 2.36. The second-order valence-electron chi connectivity index (χ2n) is 16.1. The fraction of sp³-hybridized carbons (Fsp3) is 0.353. The molecule has 8 rings (SSSR count). The van der Waals surface area contributed by atoms with Gasteiger partial charge in [-0.2, -0.15) is 0 Å². The maximum absolute atomic E-state index is 12.7. The summed E-state index contributed by atoms with van der Waals surface area (Å²) >= 11 is 0. The Morgan fingerprint density at radius 2 is 1.08 bits per heavy atom. The van der Waals surface area contributed by atoms with Crippen molar-refractivity contribution in [1.29, 1.82) is 0 Å². The predicted molar refractivity (Wildman–Crippen MR) is 242 cm³/mol. The number of benzene rings is 6. The Morgan fingerprint density at radius 1 is 0.578 bits per heavy atom. The number of carbonyl (C=O) groups excluding carboxylic acids is 1. The topological polar surface area (TPSA) is 147 Å². The molecule has 0 saturated carbocycles. The van der Waals surface area contributed by atoms with Crippen molar-refractivity contribution in [1.82, 2.24) is 0 Å². The third kappa shape index (κ3) is 13.3. The van der Waals surface area contributed by atoms with E-state index >= 15 is 0 Å². The summed E-state index contributed by atoms with van der Waals surface area (Å²) in [6.07, 6.45) is -1.96. The van der Waals surface area contributed by atoms with Gasteiger partial charge in [0.25, 0.3) is 0 Å². The molecule has 0 spiro atoms. The number of aliphatic hydroxyl groups excluding tert-OH is 2. The van der Waals surface area contributed by atoms with Crippen molar-refractivity contribution in [2.45, 2.75) is 39.1 Å². The molecule has 2 heterocycles. The molecule has 2 aliphatic heterocycles. The summed E-state index contributed by atoms with van der Waals surface area (Å²) in [4.78, 5) is 16.2. The van der Waals surface area contributed by atoms with E-state index in [1.165, 1.54) is 9.79 Å². The van der Waals surface area contributed by atoms with Gasteiger partial charge in [-0.15, -0.1) is 0 Å². The van der Waals surface area contributed by atoms with Crippen LogP contribution in [0.4, 0.5) is 0 Å². The minimum Gasteiger partial charge on any atom is -0.490 e. The van der Waals surface area contributed by atoms with Crippen LogP contribution in [-0.2, 0) is 48.8 Å². The van der Waals surface area contributed by atoms with Crippen molar-refractivity contribution >= 4 is 38.4 Å². The van der Waals surface area contributed by atoms with Crippen LogP contribution >= 0.6 is 0 Å². The quantitative estimate of drug-likeness (QED) is 0.0247. The van der Waals surface area contributed by atoms with Crippen molar-refractivity contribution in [3.63, 3.8) is 0 Å². The molecule has 64 heavy (non-hydrogen) atoms. The van der Waals surface area contributed by atoms with E-state index in [0.717, 1.165) is 26.4 Å². The maximum atomic E-state index is 12.7. The van der Waals surface area contributed by atoms with E-state index in [4.69, 9.17) is 42.6 Å². The molecule has 0 bridgehead atoms. The lowest BCUT2D eigenvalue weighted by molar-refractivity contribution is -0.152. The van der Waals surface area contributed by atoms with Crippen molar-refractivity contribution < 1.29 is 57.6 Å². The Labute approximate surface area is 376 Å². The van der Waals surface area contributed by atoms with Crippen LogP contribution in [0.3, 0.4) is 0 Å². The van der Waals surface area contributed by atoms with Gasteiger partial charge in [-0.1, -0.05) is 84.9 Å². The fourth-order valence-corrected chi connectivity index (χ4v) is 9.29. The lowest BCUT2D eigenvalue weighted by atomic mass is 9.92. The molecule has 13 heteroatoms. The number of rotatable bonds is 27. The number of hydrogen-bond acceptors (Lipinski definition) is 12. The first-order valence-electron chi connectivity index (χ1n) is 21.6. The first-order chi connectivity index (χ1) is 31.4. The van der Waals surface area contributed by atoms with Gasteiger partial charge in [0.2, 0.25) is 0 Å². The monoisotopic (exact) mass is 891 g/mol. The van der Waals surface area contributed by atoms with E-state index in [2.05, 4.69) is 36.4 Å². The molecule has 2 aliphatic rings. The van der Waals surface area contributed by atoms with Gasteiger partial charge in [-0.3, -0.25) is 0 Å². The van der Waals surface area contributed by atoms with E-state index in [9.17, 15) is 15.0 Å². The summed E-state index contributed by atoms with van der Waals surface area (Å²) in [7, 11) is -0.307. The number of esters is 1. The molecule has 336 valence electrons. The summed E-state index contributed by atoms with van der Waals surface area (Å²) in [6.45, 7) is 1.95. The standard InChI is InChI=1S/C51H55O12S/c52-38(26-62-49-23-37-11-7-8-16-46(37)47-17-9-10-18-48(47)49)24-55-33-51(35-57-28-41-30-59-41,36-58-29-42-31-60-42)34-56-25-39(53)27-63-50(54)32-61-40-19-21-45(22-20-40)64(43-12-3-1-4-13-43)44-14-5-2-6-15-44/h1-23,38-39,41-42,52-53H,24-36H2/q+1. The highest BCUT2D eigenvalue weighted by Crippen LogP contribution is 2.34. The summed E-state index contributed by atoms with van der Waals surface area (Å²) in [6, 6.07) is 46.6. The van der Waals surface area contributed by atoms with Gasteiger partial charge in [0, 0.05) is 5.39 Å². The molecule has 2 fully saturated rings. The molecule has 4 atom stereocenters. The molecule has 6 aromatic carbocycles. The van der Waals surface area contributed by atoms with Crippen LogP contribution in [-0.4, -0.2) is 126 Å². The minimum absolute atomic E-state index is 0.0161. The average molecular weight is 892 g/mol. The molecule has 0 aliphatic carbocycles. The third-order valence-corrected chi connectivity index (χ3v) is 12.9. The number of fused-ring (bicyclic) bond motifs is 3. The van der Waals surface area contributed by atoms with Gasteiger partial charge in [0.1, 0.15) is 49.1 Å². The van der Waals surface area contributed by atoms with E-state index in [1.54, 1.807) is 0 Å². The summed E-state index contributed by atoms with van der Waals surface area (Å²) in [5, 5.41) is 26.0.